The lowest BCUT2D eigenvalue weighted by Crippen LogP contribution is -2.16. The van der Waals surface area contributed by atoms with E-state index in [4.69, 9.17) is 5.73 Å². The van der Waals surface area contributed by atoms with Gasteiger partial charge in [0, 0.05) is 11.9 Å². The van der Waals surface area contributed by atoms with Crippen LogP contribution in [0.5, 0.6) is 0 Å². The van der Waals surface area contributed by atoms with Crippen LogP contribution in [0.3, 0.4) is 0 Å². The van der Waals surface area contributed by atoms with Crippen molar-refractivity contribution in [3.05, 3.63) is 52.2 Å². The van der Waals surface area contributed by atoms with Gasteiger partial charge in [0.05, 0.1) is 5.56 Å². The van der Waals surface area contributed by atoms with Crippen molar-refractivity contribution in [1.82, 2.24) is 4.98 Å². The van der Waals surface area contributed by atoms with Crippen molar-refractivity contribution >= 4 is 17.4 Å². The molecule has 0 spiro atoms. The summed E-state index contributed by atoms with van der Waals surface area (Å²) in [6, 6.07) is 5.80. The van der Waals surface area contributed by atoms with Crippen LogP contribution in [0.1, 0.15) is 32.6 Å². The molecule has 2 rings (SSSR count). The Hall–Kier alpha value is -2.36. The number of hydrogen-bond donors (Lipinski definition) is 2. The number of aromatic nitrogens is 1. The lowest BCUT2D eigenvalue weighted by Gasteiger charge is -2.13. The number of aryl methyl sites for hydroxylation is 4. The number of pyridine rings is 1. The molecule has 0 unspecified atom stereocenters. The summed E-state index contributed by atoms with van der Waals surface area (Å²) < 4.78 is 0. The second kappa shape index (κ2) is 5.33. The number of carbonyl (C=O) groups is 1. The van der Waals surface area contributed by atoms with Crippen molar-refractivity contribution in [2.45, 2.75) is 27.7 Å². The van der Waals surface area contributed by atoms with Gasteiger partial charge in [0.1, 0.15) is 5.82 Å². The number of benzene rings is 1. The highest BCUT2D eigenvalue weighted by atomic mass is 16.1. The summed E-state index contributed by atoms with van der Waals surface area (Å²) in [5.74, 6) is 0.256. The van der Waals surface area contributed by atoms with Crippen molar-refractivity contribution in [2.75, 3.05) is 11.1 Å². The zero-order valence-corrected chi connectivity index (χ0v) is 12.2. The van der Waals surface area contributed by atoms with Crippen LogP contribution >= 0.6 is 0 Å². The van der Waals surface area contributed by atoms with Crippen LogP contribution in [0.2, 0.25) is 0 Å². The molecule has 1 aromatic carbocycles. The molecule has 0 saturated carbocycles. The van der Waals surface area contributed by atoms with Gasteiger partial charge in [-0.1, -0.05) is 17.7 Å². The van der Waals surface area contributed by atoms with E-state index in [1.807, 2.05) is 27.7 Å². The molecule has 4 heteroatoms. The van der Waals surface area contributed by atoms with E-state index in [2.05, 4.69) is 22.4 Å². The molecule has 1 heterocycles. The average Bonchev–Trinajstić information content (AvgIpc) is 2.33. The summed E-state index contributed by atoms with van der Waals surface area (Å²) in [6.45, 7) is 7.87. The molecule has 0 atom stereocenters. The Balaban J connectivity index is 2.33. The summed E-state index contributed by atoms with van der Waals surface area (Å²) in [5.41, 5.74) is 11.1. The van der Waals surface area contributed by atoms with Crippen molar-refractivity contribution in [3.8, 4) is 0 Å². The van der Waals surface area contributed by atoms with Crippen LogP contribution in [0.4, 0.5) is 11.5 Å². The Labute approximate surface area is 119 Å². The number of nitrogen functional groups attached to an aromatic ring is 1. The molecular weight excluding hydrogens is 250 g/mol. The second-order valence-electron chi connectivity index (χ2n) is 5.15. The van der Waals surface area contributed by atoms with E-state index >= 15 is 0 Å². The molecule has 3 N–H and O–H groups in total. The molecule has 0 saturated heterocycles. The lowest BCUT2D eigenvalue weighted by atomic mass is 10.0. The minimum Gasteiger partial charge on any atom is -0.384 e. The molecule has 0 aliphatic carbocycles. The zero-order valence-electron chi connectivity index (χ0n) is 12.2. The smallest absolute Gasteiger partial charge is 0.257 e. The Kier molecular flexibility index (Phi) is 3.74. The van der Waals surface area contributed by atoms with Gasteiger partial charge >= 0.3 is 0 Å². The van der Waals surface area contributed by atoms with E-state index in [1.54, 1.807) is 6.07 Å². The van der Waals surface area contributed by atoms with Crippen molar-refractivity contribution < 1.29 is 4.79 Å². The number of hydrogen-bond acceptors (Lipinski definition) is 3. The highest BCUT2D eigenvalue weighted by Gasteiger charge is 2.13. The number of carbonyl (C=O) groups excluding carboxylic acids is 1. The van der Waals surface area contributed by atoms with Gasteiger partial charge in [-0.15, -0.1) is 0 Å². The molecule has 104 valence electrons. The van der Waals surface area contributed by atoms with Crippen molar-refractivity contribution in [3.63, 3.8) is 0 Å². The standard InChI is InChI=1S/C16H19N3O/c1-9-5-11(3)15(12(4)6-9)19-16(20)13-8-18-14(17)7-10(13)2/h5-8H,1-4H3,(H2,17,18)(H,19,20). The van der Waals surface area contributed by atoms with E-state index in [0.717, 1.165) is 22.4 Å². The number of anilines is 2. The maximum Gasteiger partial charge on any atom is 0.257 e. The number of nitrogens with two attached hydrogens (primary N) is 1. The van der Waals surface area contributed by atoms with E-state index in [9.17, 15) is 4.79 Å². The minimum atomic E-state index is -0.162. The molecule has 0 aliphatic rings. The third-order valence-electron chi connectivity index (χ3n) is 3.29. The van der Waals surface area contributed by atoms with Crippen LogP contribution in [0.25, 0.3) is 0 Å². The lowest BCUT2D eigenvalue weighted by molar-refractivity contribution is 0.102. The summed E-state index contributed by atoms with van der Waals surface area (Å²) in [6.07, 6.45) is 1.51. The topological polar surface area (TPSA) is 68.0 Å². The molecule has 0 fully saturated rings. The normalized spacial score (nSPS) is 10.4. The number of nitrogens with one attached hydrogen (secondary N) is 1. The maximum absolute atomic E-state index is 12.3. The molecule has 2 aromatic rings. The fraction of sp³-hybridized carbons (Fsp3) is 0.250. The molecule has 4 nitrogen and oxygen atoms in total. The Bertz CT molecular complexity index is 654. The van der Waals surface area contributed by atoms with Crippen molar-refractivity contribution in [2.24, 2.45) is 0 Å². The maximum atomic E-state index is 12.3. The molecule has 1 aromatic heterocycles. The molecule has 1 amide bonds. The predicted molar refractivity (Wildman–Crippen MR) is 82.0 cm³/mol. The Morgan fingerprint density at radius 1 is 1.05 bits per heavy atom. The van der Waals surface area contributed by atoms with Gasteiger partial charge in [-0.05, 0) is 50.5 Å². The largest absolute Gasteiger partial charge is 0.384 e. The van der Waals surface area contributed by atoms with Crippen LogP contribution in [-0.2, 0) is 0 Å². The highest BCUT2D eigenvalue weighted by molar-refractivity contribution is 6.06. The van der Waals surface area contributed by atoms with Gasteiger partial charge < -0.3 is 11.1 Å². The van der Waals surface area contributed by atoms with E-state index < -0.39 is 0 Å². The predicted octanol–water partition coefficient (Wildman–Crippen LogP) is 3.15. The first-order valence-electron chi connectivity index (χ1n) is 6.50. The number of amides is 1. The van der Waals surface area contributed by atoms with Crippen LogP contribution in [-0.4, -0.2) is 10.9 Å². The third kappa shape index (κ3) is 2.79. The quantitative estimate of drug-likeness (QED) is 0.880. The second-order valence-corrected chi connectivity index (χ2v) is 5.15. The van der Waals surface area contributed by atoms with E-state index in [1.165, 1.54) is 11.8 Å². The van der Waals surface area contributed by atoms with Gasteiger partial charge in [0.25, 0.3) is 5.91 Å². The molecule has 0 bridgehead atoms. The Morgan fingerprint density at radius 2 is 1.65 bits per heavy atom. The average molecular weight is 269 g/mol. The first-order valence-corrected chi connectivity index (χ1v) is 6.50. The third-order valence-corrected chi connectivity index (χ3v) is 3.29. The van der Waals surface area contributed by atoms with Crippen molar-refractivity contribution in [1.29, 1.82) is 0 Å². The summed E-state index contributed by atoms with van der Waals surface area (Å²) in [7, 11) is 0. The fourth-order valence-corrected chi connectivity index (χ4v) is 2.37. The summed E-state index contributed by atoms with van der Waals surface area (Å²) in [4.78, 5) is 16.3. The summed E-state index contributed by atoms with van der Waals surface area (Å²) in [5, 5.41) is 2.96. The number of rotatable bonds is 2. The van der Waals surface area contributed by atoms with E-state index in [0.29, 0.717) is 11.4 Å². The molecule has 0 aliphatic heterocycles. The van der Waals surface area contributed by atoms with Gasteiger partial charge in [-0.3, -0.25) is 4.79 Å². The minimum absolute atomic E-state index is 0.162. The highest BCUT2D eigenvalue weighted by Crippen LogP contribution is 2.23. The monoisotopic (exact) mass is 269 g/mol. The molecular formula is C16H19N3O. The fourth-order valence-electron chi connectivity index (χ4n) is 2.37. The summed E-state index contributed by atoms with van der Waals surface area (Å²) >= 11 is 0. The Morgan fingerprint density at radius 3 is 2.20 bits per heavy atom. The van der Waals surface area contributed by atoms with Crippen LogP contribution < -0.4 is 11.1 Å². The number of nitrogens with zero attached hydrogens (tertiary/aromatic N) is 1. The van der Waals surface area contributed by atoms with Gasteiger partial charge in [-0.2, -0.15) is 0 Å². The van der Waals surface area contributed by atoms with Crippen LogP contribution in [0, 0.1) is 27.7 Å². The van der Waals surface area contributed by atoms with Gasteiger partial charge in [-0.25, -0.2) is 4.98 Å². The molecule has 20 heavy (non-hydrogen) atoms. The van der Waals surface area contributed by atoms with Gasteiger partial charge in [0.15, 0.2) is 0 Å². The van der Waals surface area contributed by atoms with E-state index in [-0.39, 0.29) is 5.91 Å². The molecule has 0 radical (unpaired) electrons. The van der Waals surface area contributed by atoms with Gasteiger partial charge in [0.2, 0.25) is 0 Å². The zero-order chi connectivity index (χ0) is 14.9. The SMILES string of the molecule is Cc1cc(C)c(NC(=O)c2cnc(N)cc2C)c(C)c1. The first kappa shape index (κ1) is 14.1. The van der Waals surface area contributed by atoms with Crippen LogP contribution in [0.15, 0.2) is 24.4 Å². The first-order chi connectivity index (χ1) is 9.38.